The van der Waals surface area contributed by atoms with Gasteiger partial charge in [-0.05, 0) is 18.6 Å². The summed E-state index contributed by atoms with van der Waals surface area (Å²) < 4.78 is 1.45. The largest absolute Gasteiger partial charge is 0.333 e. The molecule has 0 N–H and O–H groups in total. The summed E-state index contributed by atoms with van der Waals surface area (Å²) in [7, 11) is 1.67. The first-order chi connectivity index (χ1) is 11.5. The highest BCUT2D eigenvalue weighted by molar-refractivity contribution is 5.94. The molecule has 1 aliphatic heterocycles. The number of hydrogen-bond donors (Lipinski definition) is 0. The van der Waals surface area contributed by atoms with E-state index in [2.05, 4.69) is 36.1 Å². The number of benzene rings is 1. The summed E-state index contributed by atoms with van der Waals surface area (Å²) in [6, 6.07) is 13.6. The molecule has 24 heavy (non-hydrogen) atoms. The van der Waals surface area contributed by atoms with E-state index in [0.29, 0.717) is 12.1 Å². The van der Waals surface area contributed by atoms with Crippen molar-refractivity contribution in [2.24, 2.45) is 7.05 Å². The van der Waals surface area contributed by atoms with Gasteiger partial charge in [0.25, 0.3) is 5.91 Å². The van der Waals surface area contributed by atoms with Crippen LogP contribution in [0.1, 0.15) is 22.8 Å². The maximum Gasteiger partial charge on any atom is 0.255 e. The number of carbonyl (C=O) groups excluding carboxylic acids is 1. The van der Waals surface area contributed by atoms with Crippen molar-refractivity contribution in [3.05, 3.63) is 70.1 Å². The van der Waals surface area contributed by atoms with Gasteiger partial charge in [-0.25, -0.2) is 0 Å². The summed E-state index contributed by atoms with van der Waals surface area (Å²) in [5.74, 6) is -0.00235. The number of aryl methyl sites for hydroxylation is 1. The van der Waals surface area contributed by atoms with Gasteiger partial charge < -0.3 is 9.47 Å². The van der Waals surface area contributed by atoms with E-state index >= 15 is 0 Å². The highest BCUT2D eigenvalue weighted by Gasteiger charge is 2.28. The molecule has 1 saturated heterocycles. The van der Waals surface area contributed by atoms with Crippen molar-refractivity contribution in [2.45, 2.75) is 19.5 Å². The number of rotatable bonds is 3. The Kier molecular flexibility index (Phi) is 4.81. The van der Waals surface area contributed by atoms with Gasteiger partial charge >= 0.3 is 0 Å². The van der Waals surface area contributed by atoms with Gasteiger partial charge in [-0.3, -0.25) is 14.5 Å². The van der Waals surface area contributed by atoms with Crippen molar-refractivity contribution in [2.75, 3.05) is 19.6 Å². The van der Waals surface area contributed by atoms with Crippen LogP contribution in [0, 0.1) is 0 Å². The third-order valence-corrected chi connectivity index (χ3v) is 4.55. The molecule has 1 aromatic carbocycles. The van der Waals surface area contributed by atoms with E-state index in [1.807, 2.05) is 11.0 Å². The molecule has 5 heteroatoms. The smallest absolute Gasteiger partial charge is 0.255 e. The molecule has 0 radical (unpaired) electrons. The van der Waals surface area contributed by atoms with Gasteiger partial charge in [0.1, 0.15) is 0 Å². The summed E-state index contributed by atoms with van der Waals surface area (Å²) in [6.45, 7) is 5.41. The monoisotopic (exact) mass is 325 g/mol. The maximum absolute atomic E-state index is 12.7. The topological polar surface area (TPSA) is 45.6 Å². The number of pyridine rings is 1. The van der Waals surface area contributed by atoms with Crippen LogP contribution in [0.25, 0.3) is 0 Å². The third kappa shape index (κ3) is 3.57. The van der Waals surface area contributed by atoms with Crippen LogP contribution in [0.15, 0.2) is 53.5 Å². The molecule has 0 unspecified atom stereocenters. The Balaban J connectivity index is 1.66. The van der Waals surface area contributed by atoms with Crippen molar-refractivity contribution in [3.63, 3.8) is 0 Å². The van der Waals surface area contributed by atoms with E-state index in [4.69, 9.17) is 0 Å². The molecule has 1 aliphatic rings. The number of carbonyl (C=O) groups is 1. The van der Waals surface area contributed by atoms with E-state index in [9.17, 15) is 9.59 Å². The minimum absolute atomic E-state index is 0.00235. The van der Waals surface area contributed by atoms with Crippen LogP contribution < -0.4 is 5.56 Å². The van der Waals surface area contributed by atoms with Crippen molar-refractivity contribution in [1.82, 2.24) is 14.4 Å². The summed E-state index contributed by atoms with van der Waals surface area (Å²) in [6.07, 6.45) is 1.62. The minimum Gasteiger partial charge on any atom is -0.333 e. The molecular formula is C19H23N3O2. The Bertz CT molecular complexity index is 770. The van der Waals surface area contributed by atoms with Gasteiger partial charge in [0, 0.05) is 51.5 Å². The zero-order valence-corrected chi connectivity index (χ0v) is 14.2. The van der Waals surface area contributed by atoms with Crippen LogP contribution in [-0.4, -0.2) is 46.0 Å². The zero-order valence-electron chi connectivity index (χ0n) is 14.2. The molecule has 2 heterocycles. The first-order valence-electron chi connectivity index (χ1n) is 8.28. The first-order valence-corrected chi connectivity index (χ1v) is 8.28. The first kappa shape index (κ1) is 16.5. The van der Waals surface area contributed by atoms with Crippen molar-refractivity contribution in [3.8, 4) is 0 Å². The maximum atomic E-state index is 12.7. The highest BCUT2D eigenvalue weighted by atomic mass is 16.2. The second-order valence-electron chi connectivity index (χ2n) is 6.44. The minimum atomic E-state index is -0.104. The average Bonchev–Trinajstić information content (AvgIpc) is 2.58. The summed E-state index contributed by atoms with van der Waals surface area (Å²) >= 11 is 0. The molecular weight excluding hydrogens is 302 g/mol. The van der Waals surface area contributed by atoms with E-state index in [-0.39, 0.29) is 17.5 Å². The number of nitrogens with zero attached hydrogens (tertiary/aromatic N) is 3. The van der Waals surface area contributed by atoms with Gasteiger partial charge in [0.2, 0.25) is 5.56 Å². The normalized spacial score (nSPS) is 18.6. The molecule has 0 spiro atoms. The Morgan fingerprint density at radius 2 is 1.88 bits per heavy atom. The average molecular weight is 325 g/mol. The van der Waals surface area contributed by atoms with Crippen LogP contribution in [0.5, 0.6) is 0 Å². The van der Waals surface area contributed by atoms with Gasteiger partial charge in [0.05, 0.1) is 5.56 Å². The number of piperazine rings is 1. The highest BCUT2D eigenvalue weighted by Crippen LogP contribution is 2.15. The SMILES string of the molecule is C[C@H]1CN(Cc2ccccc2)CCN1C(=O)c1ccc(=O)n(C)c1. The second kappa shape index (κ2) is 7.01. The van der Waals surface area contributed by atoms with E-state index < -0.39 is 0 Å². The molecule has 2 aromatic rings. The summed E-state index contributed by atoms with van der Waals surface area (Å²) in [5.41, 5.74) is 1.76. The lowest BCUT2D eigenvalue weighted by molar-refractivity contribution is 0.0474. The Labute approximate surface area is 142 Å². The zero-order chi connectivity index (χ0) is 17.1. The number of aromatic nitrogens is 1. The molecule has 3 rings (SSSR count). The second-order valence-corrected chi connectivity index (χ2v) is 6.44. The van der Waals surface area contributed by atoms with Gasteiger partial charge in [-0.2, -0.15) is 0 Å². The predicted molar refractivity (Wildman–Crippen MR) is 93.9 cm³/mol. The molecule has 1 aromatic heterocycles. The fourth-order valence-corrected chi connectivity index (χ4v) is 3.21. The van der Waals surface area contributed by atoms with E-state index in [1.54, 1.807) is 19.3 Å². The van der Waals surface area contributed by atoms with Crippen LogP contribution in [-0.2, 0) is 13.6 Å². The number of hydrogen-bond acceptors (Lipinski definition) is 3. The van der Waals surface area contributed by atoms with E-state index in [0.717, 1.165) is 19.6 Å². The standard InChI is InChI=1S/C19H23N3O2/c1-15-12-21(13-16-6-4-3-5-7-16)10-11-22(15)19(24)17-8-9-18(23)20(2)14-17/h3-9,14-15H,10-13H2,1-2H3/t15-/m0/s1. The molecule has 126 valence electrons. The fraction of sp³-hybridized carbons (Fsp3) is 0.368. The summed E-state index contributed by atoms with van der Waals surface area (Å²) in [4.78, 5) is 28.5. The molecule has 0 saturated carbocycles. The Hall–Kier alpha value is -2.40. The van der Waals surface area contributed by atoms with Crippen LogP contribution >= 0.6 is 0 Å². The molecule has 1 fully saturated rings. The van der Waals surface area contributed by atoms with Gasteiger partial charge in [-0.1, -0.05) is 30.3 Å². The Morgan fingerprint density at radius 1 is 1.12 bits per heavy atom. The molecule has 0 aliphatic carbocycles. The lowest BCUT2D eigenvalue weighted by Crippen LogP contribution is -2.53. The molecule has 0 bridgehead atoms. The molecule has 1 atom stereocenters. The third-order valence-electron chi connectivity index (χ3n) is 4.55. The van der Waals surface area contributed by atoms with Crippen LogP contribution in [0.4, 0.5) is 0 Å². The van der Waals surface area contributed by atoms with Crippen molar-refractivity contribution < 1.29 is 4.79 Å². The molecule has 5 nitrogen and oxygen atoms in total. The molecule has 1 amide bonds. The predicted octanol–water partition coefficient (Wildman–Crippen LogP) is 1.73. The lowest BCUT2D eigenvalue weighted by atomic mass is 10.1. The Morgan fingerprint density at radius 3 is 2.54 bits per heavy atom. The van der Waals surface area contributed by atoms with Gasteiger partial charge in [-0.15, -0.1) is 0 Å². The van der Waals surface area contributed by atoms with Gasteiger partial charge in [0.15, 0.2) is 0 Å². The lowest BCUT2D eigenvalue weighted by Gasteiger charge is -2.40. The van der Waals surface area contributed by atoms with Crippen molar-refractivity contribution in [1.29, 1.82) is 0 Å². The van der Waals surface area contributed by atoms with Crippen LogP contribution in [0.3, 0.4) is 0 Å². The fourth-order valence-electron chi connectivity index (χ4n) is 3.21. The number of amides is 1. The van der Waals surface area contributed by atoms with Crippen LogP contribution in [0.2, 0.25) is 0 Å². The summed E-state index contributed by atoms with van der Waals surface area (Å²) in [5, 5.41) is 0. The quantitative estimate of drug-likeness (QED) is 0.863. The van der Waals surface area contributed by atoms with Crippen molar-refractivity contribution >= 4 is 5.91 Å². The van der Waals surface area contributed by atoms with E-state index in [1.165, 1.54) is 16.2 Å².